The second-order valence-electron chi connectivity index (χ2n) is 8.13. The molecule has 3 aromatic rings. The van der Waals surface area contributed by atoms with Gasteiger partial charge in [-0.2, -0.15) is 5.10 Å². The molecule has 1 aromatic heterocycles. The molecule has 0 fully saturated rings. The van der Waals surface area contributed by atoms with Gasteiger partial charge in [0.05, 0.1) is 29.7 Å². The number of nitrogens with zero attached hydrogens (tertiary/aromatic N) is 3. The summed E-state index contributed by atoms with van der Waals surface area (Å²) in [4.78, 5) is 2.08. The molecule has 1 atom stereocenters. The van der Waals surface area contributed by atoms with Crippen LogP contribution < -0.4 is 4.74 Å². The number of halogens is 2. The molecule has 0 saturated carbocycles. The van der Waals surface area contributed by atoms with Crippen molar-refractivity contribution in [2.75, 3.05) is 19.8 Å². The average molecular weight is 460 g/mol. The number of aromatic nitrogens is 2. The average Bonchev–Trinajstić information content (AvgIpc) is 3.09. The van der Waals surface area contributed by atoms with Gasteiger partial charge in [0.25, 0.3) is 0 Å². The van der Waals surface area contributed by atoms with E-state index < -0.39 is 17.7 Å². The Morgan fingerprint density at radius 2 is 1.85 bits per heavy atom. The first-order chi connectivity index (χ1) is 15.8. The van der Waals surface area contributed by atoms with Crippen LogP contribution in [0.5, 0.6) is 11.6 Å². The van der Waals surface area contributed by atoms with E-state index in [9.17, 15) is 13.9 Å². The van der Waals surface area contributed by atoms with Crippen molar-refractivity contribution >= 4 is 0 Å². The molecule has 1 N–H and O–H groups in total. The lowest BCUT2D eigenvalue weighted by Crippen LogP contribution is -2.39. The van der Waals surface area contributed by atoms with Crippen molar-refractivity contribution in [3.63, 3.8) is 0 Å². The zero-order valence-corrected chi connectivity index (χ0v) is 19.5. The molecular weight excluding hydrogens is 428 g/mol. The Hall–Kier alpha value is -2.81. The van der Waals surface area contributed by atoms with Crippen LogP contribution in [0.15, 0.2) is 48.5 Å². The van der Waals surface area contributed by atoms with E-state index >= 15 is 0 Å². The number of ether oxygens (including phenoxy) is 2. The largest absolute Gasteiger partial charge is 0.435 e. The highest BCUT2D eigenvalue weighted by Crippen LogP contribution is 2.33. The number of benzene rings is 2. The summed E-state index contributed by atoms with van der Waals surface area (Å²) in [6, 6.07) is 12.7. The highest BCUT2D eigenvalue weighted by Gasteiger charge is 2.24. The molecule has 2 aromatic carbocycles. The van der Waals surface area contributed by atoms with Crippen LogP contribution in [0.2, 0.25) is 0 Å². The number of aryl methyl sites for hydroxylation is 1. The van der Waals surface area contributed by atoms with Crippen molar-refractivity contribution in [2.24, 2.45) is 0 Å². The summed E-state index contributed by atoms with van der Waals surface area (Å²) in [5.74, 6) is -1.23. The van der Waals surface area contributed by atoms with E-state index in [2.05, 4.69) is 10.00 Å². The molecule has 3 rings (SSSR count). The summed E-state index contributed by atoms with van der Waals surface area (Å²) in [6.07, 6.45) is -0.657. The van der Waals surface area contributed by atoms with E-state index in [4.69, 9.17) is 9.47 Å². The molecule has 0 bridgehead atoms. The molecule has 178 valence electrons. The van der Waals surface area contributed by atoms with Crippen molar-refractivity contribution in [1.82, 2.24) is 14.7 Å². The Labute approximate surface area is 193 Å². The third kappa shape index (κ3) is 6.37. The summed E-state index contributed by atoms with van der Waals surface area (Å²) < 4.78 is 40.8. The van der Waals surface area contributed by atoms with Crippen molar-refractivity contribution in [3.05, 3.63) is 71.4 Å². The summed E-state index contributed by atoms with van der Waals surface area (Å²) in [5, 5.41) is 15.0. The maximum atomic E-state index is 14.4. The van der Waals surface area contributed by atoms with Gasteiger partial charge in [0.15, 0.2) is 11.6 Å². The van der Waals surface area contributed by atoms with Crippen molar-refractivity contribution in [3.8, 4) is 17.3 Å². The lowest BCUT2D eigenvalue weighted by Gasteiger charge is -2.29. The summed E-state index contributed by atoms with van der Waals surface area (Å²) in [6.45, 7) is 9.38. The van der Waals surface area contributed by atoms with Crippen LogP contribution in [-0.4, -0.2) is 51.7 Å². The molecule has 0 unspecified atom stereocenters. The van der Waals surface area contributed by atoms with E-state index in [0.29, 0.717) is 31.3 Å². The smallest absolute Gasteiger partial charge is 0.227 e. The second kappa shape index (κ2) is 11.4. The molecule has 1 heterocycles. The topological polar surface area (TPSA) is 59.8 Å². The van der Waals surface area contributed by atoms with Gasteiger partial charge in [0.2, 0.25) is 5.88 Å². The summed E-state index contributed by atoms with van der Waals surface area (Å²) in [5.41, 5.74) is 2.21. The monoisotopic (exact) mass is 459 g/mol. The molecule has 0 aliphatic carbocycles. The van der Waals surface area contributed by atoms with Gasteiger partial charge < -0.3 is 14.6 Å². The lowest BCUT2D eigenvalue weighted by molar-refractivity contribution is 0.0131. The normalized spacial score (nSPS) is 12.5. The molecular formula is C25H31F2N3O3. The van der Waals surface area contributed by atoms with Crippen LogP contribution in [0.25, 0.3) is 5.69 Å². The van der Waals surface area contributed by atoms with E-state index in [1.165, 1.54) is 6.07 Å². The van der Waals surface area contributed by atoms with E-state index in [1.54, 1.807) is 4.68 Å². The fourth-order valence-corrected chi connectivity index (χ4v) is 3.47. The van der Waals surface area contributed by atoms with Crippen LogP contribution in [0.1, 0.15) is 32.0 Å². The molecule has 0 spiro atoms. The maximum Gasteiger partial charge on any atom is 0.227 e. The zero-order chi connectivity index (χ0) is 24.0. The number of rotatable bonds is 11. The van der Waals surface area contributed by atoms with Gasteiger partial charge in [0.1, 0.15) is 5.82 Å². The third-order valence-electron chi connectivity index (χ3n) is 5.29. The molecule has 0 radical (unpaired) electrons. The molecule has 0 aliphatic heterocycles. The third-order valence-corrected chi connectivity index (χ3v) is 5.29. The van der Waals surface area contributed by atoms with Gasteiger partial charge in [-0.15, -0.1) is 0 Å². The fraction of sp³-hybridized carbons (Fsp3) is 0.400. The standard InChI is InChI=1S/C25H31F2N3O3/c1-5-32-16-21(31)14-29(17(2)3)15-22-18(4)28-30(20-9-7-6-8-10-20)25(22)33-24-12-11-19(26)13-23(24)27/h6-13,17,21,31H,5,14-16H2,1-4H3/t21-/m0/s1. The Bertz CT molecular complexity index is 1040. The Balaban J connectivity index is 2.00. The fourth-order valence-electron chi connectivity index (χ4n) is 3.47. The Morgan fingerprint density at radius 1 is 1.12 bits per heavy atom. The van der Waals surface area contributed by atoms with Crippen molar-refractivity contribution in [1.29, 1.82) is 0 Å². The van der Waals surface area contributed by atoms with Gasteiger partial charge >= 0.3 is 0 Å². The highest BCUT2D eigenvalue weighted by atomic mass is 19.1. The van der Waals surface area contributed by atoms with Crippen LogP contribution in [0, 0.1) is 18.6 Å². The van der Waals surface area contributed by atoms with Gasteiger partial charge in [-0.3, -0.25) is 4.90 Å². The highest BCUT2D eigenvalue weighted by molar-refractivity contribution is 5.43. The number of aliphatic hydroxyl groups is 1. The minimum atomic E-state index is -0.799. The van der Waals surface area contributed by atoms with Crippen LogP contribution in [0.3, 0.4) is 0 Å². The minimum Gasteiger partial charge on any atom is -0.435 e. The summed E-state index contributed by atoms with van der Waals surface area (Å²) >= 11 is 0. The molecule has 0 saturated heterocycles. The Morgan fingerprint density at radius 3 is 2.48 bits per heavy atom. The number of hydrogen-bond acceptors (Lipinski definition) is 5. The van der Waals surface area contributed by atoms with Gasteiger partial charge in [-0.25, -0.2) is 13.5 Å². The first-order valence-electron chi connectivity index (χ1n) is 11.1. The zero-order valence-electron chi connectivity index (χ0n) is 19.5. The van der Waals surface area contributed by atoms with Gasteiger partial charge in [-0.1, -0.05) is 18.2 Å². The van der Waals surface area contributed by atoms with Gasteiger partial charge in [-0.05, 0) is 52.0 Å². The lowest BCUT2D eigenvalue weighted by atomic mass is 10.2. The number of hydrogen-bond donors (Lipinski definition) is 1. The first-order valence-corrected chi connectivity index (χ1v) is 11.1. The summed E-state index contributed by atoms with van der Waals surface area (Å²) in [7, 11) is 0. The predicted molar refractivity (Wildman–Crippen MR) is 123 cm³/mol. The van der Waals surface area contributed by atoms with Crippen molar-refractivity contribution < 1.29 is 23.4 Å². The molecule has 8 heteroatoms. The van der Waals surface area contributed by atoms with Crippen molar-refractivity contribution in [2.45, 2.75) is 46.4 Å². The molecule has 33 heavy (non-hydrogen) atoms. The molecule has 0 aliphatic rings. The van der Waals surface area contributed by atoms with E-state index in [0.717, 1.165) is 23.4 Å². The predicted octanol–water partition coefficient (Wildman–Crippen LogP) is 4.86. The maximum absolute atomic E-state index is 14.4. The SMILES string of the molecule is CCOC[C@@H](O)CN(Cc1c(C)nn(-c2ccccc2)c1Oc1ccc(F)cc1F)C(C)C. The first kappa shape index (κ1) is 24.8. The molecule has 6 nitrogen and oxygen atoms in total. The van der Waals surface area contributed by atoms with Crippen LogP contribution in [0.4, 0.5) is 8.78 Å². The number of aliphatic hydroxyl groups excluding tert-OH is 1. The quantitative estimate of drug-likeness (QED) is 0.444. The van der Waals surface area contributed by atoms with Gasteiger partial charge in [0, 0.05) is 31.8 Å². The van der Waals surface area contributed by atoms with E-state index in [1.807, 2.05) is 58.0 Å². The molecule has 0 amide bonds. The van der Waals surface area contributed by atoms with Crippen LogP contribution in [-0.2, 0) is 11.3 Å². The number of para-hydroxylation sites is 1. The van der Waals surface area contributed by atoms with E-state index in [-0.39, 0.29) is 18.4 Å². The van der Waals surface area contributed by atoms with Crippen LogP contribution >= 0.6 is 0 Å². The second-order valence-corrected chi connectivity index (χ2v) is 8.13. The minimum absolute atomic E-state index is 0.0952. The Kier molecular flexibility index (Phi) is 8.55.